The third kappa shape index (κ3) is 2.59. The van der Waals surface area contributed by atoms with E-state index in [-0.39, 0.29) is 0 Å². The zero-order valence-electron chi connectivity index (χ0n) is 13.0. The Morgan fingerprint density at radius 1 is 0.900 bits per heavy atom. The highest BCUT2D eigenvalue weighted by Gasteiger charge is 2.61. The molecule has 3 rings (SSSR count). The van der Waals surface area contributed by atoms with Gasteiger partial charge in [0, 0.05) is 25.4 Å². The second kappa shape index (κ2) is 6.05. The maximum absolute atomic E-state index is 6.15. The molecule has 3 fully saturated rings. The zero-order chi connectivity index (χ0) is 14.2. The second-order valence-corrected chi connectivity index (χ2v) is 9.01. The molecule has 1 heterocycles. The van der Waals surface area contributed by atoms with Crippen LogP contribution in [0.4, 0.5) is 0 Å². The van der Waals surface area contributed by atoms with Crippen LogP contribution in [0.25, 0.3) is 0 Å². The fourth-order valence-electron chi connectivity index (χ4n) is 4.45. The van der Waals surface area contributed by atoms with Gasteiger partial charge in [-0.1, -0.05) is 0 Å². The molecule has 0 radical (unpaired) electrons. The van der Waals surface area contributed by atoms with Crippen molar-refractivity contribution < 1.29 is 18.0 Å². The number of rotatable bonds is 7. The average molecular weight is 300 g/mol. The minimum atomic E-state index is -2.54. The summed E-state index contributed by atoms with van der Waals surface area (Å²) in [5.41, 5.74) is 0.484. The van der Waals surface area contributed by atoms with E-state index in [1.807, 2.05) is 20.8 Å². The SMILES string of the molecule is CCO[Si](OCC)(OCC)C1CCC2CC3OC3CC21. The highest BCUT2D eigenvalue weighted by molar-refractivity contribution is 6.62. The Kier molecular flexibility index (Phi) is 4.53. The Bertz CT molecular complexity index is 321. The van der Waals surface area contributed by atoms with Crippen LogP contribution in [0.5, 0.6) is 0 Å². The first-order valence-electron chi connectivity index (χ1n) is 8.31. The van der Waals surface area contributed by atoms with E-state index in [0.717, 1.165) is 5.92 Å². The van der Waals surface area contributed by atoms with E-state index in [1.54, 1.807) is 0 Å². The minimum absolute atomic E-state index is 0.484. The Balaban J connectivity index is 1.78. The van der Waals surface area contributed by atoms with Crippen LogP contribution in [0.2, 0.25) is 5.54 Å². The van der Waals surface area contributed by atoms with Gasteiger partial charge >= 0.3 is 8.80 Å². The van der Waals surface area contributed by atoms with Crippen molar-refractivity contribution in [3.8, 4) is 0 Å². The Morgan fingerprint density at radius 3 is 2.10 bits per heavy atom. The quantitative estimate of drug-likeness (QED) is 0.535. The van der Waals surface area contributed by atoms with Crippen molar-refractivity contribution in [3.63, 3.8) is 0 Å². The summed E-state index contributed by atoms with van der Waals surface area (Å²) < 4.78 is 24.2. The third-order valence-corrected chi connectivity index (χ3v) is 8.89. The summed E-state index contributed by atoms with van der Waals surface area (Å²) in [4.78, 5) is 0. The molecule has 5 heteroatoms. The van der Waals surface area contributed by atoms with E-state index in [4.69, 9.17) is 18.0 Å². The van der Waals surface area contributed by atoms with E-state index in [0.29, 0.717) is 43.5 Å². The number of hydrogen-bond acceptors (Lipinski definition) is 4. The summed E-state index contributed by atoms with van der Waals surface area (Å²) in [7, 11) is -2.54. The van der Waals surface area contributed by atoms with Crippen molar-refractivity contribution in [2.24, 2.45) is 11.8 Å². The molecule has 4 nitrogen and oxygen atoms in total. The second-order valence-electron chi connectivity index (χ2n) is 6.19. The fraction of sp³-hybridized carbons (Fsp3) is 1.00. The summed E-state index contributed by atoms with van der Waals surface area (Å²) in [5, 5.41) is 0. The Labute approximate surface area is 123 Å². The molecule has 0 aromatic heterocycles. The molecular formula is C15H28O4Si. The Hall–Kier alpha value is 0.0569. The maximum atomic E-state index is 6.15. The van der Waals surface area contributed by atoms with Crippen LogP contribution < -0.4 is 0 Å². The number of ether oxygens (including phenoxy) is 1. The molecule has 0 aromatic carbocycles. The molecule has 20 heavy (non-hydrogen) atoms. The van der Waals surface area contributed by atoms with Crippen LogP contribution >= 0.6 is 0 Å². The predicted octanol–water partition coefficient (Wildman–Crippen LogP) is 2.99. The first-order valence-corrected chi connectivity index (χ1v) is 10.1. The highest BCUT2D eigenvalue weighted by atomic mass is 28.4. The zero-order valence-corrected chi connectivity index (χ0v) is 14.0. The molecule has 2 aliphatic carbocycles. The van der Waals surface area contributed by atoms with E-state index in [2.05, 4.69) is 0 Å². The molecule has 0 amide bonds. The smallest absolute Gasteiger partial charge is 0.374 e. The van der Waals surface area contributed by atoms with E-state index in [1.165, 1.54) is 25.7 Å². The Morgan fingerprint density at radius 2 is 1.50 bits per heavy atom. The molecular weight excluding hydrogens is 272 g/mol. The van der Waals surface area contributed by atoms with Crippen LogP contribution in [-0.2, 0) is 18.0 Å². The maximum Gasteiger partial charge on any atom is 0.504 e. The van der Waals surface area contributed by atoms with Gasteiger partial charge in [0.15, 0.2) is 0 Å². The van der Waals surface area contributed by atoms with Crippen molar-refractivity contribution in [1.82, 2.24) is 0 Å². The molecule has 5 atom stereocenters. The topological polar surface area (TPSA) is 40.2 Å². The largest absolute Gasteiger partial charge is 0.504 e. The van der Waals surface area contributed by atoms with Crippen molar-refractivity contribution in [2.75, 3.05) is 19.8 Å². The van der Waals surface area contributed by atoms with Gasteiger partial charge in [-0.25, -0.2) is 0 Å². The minimum Gasteiger partial charge on any atom is -0.374 e. The molecule has 0 N–H and O–H groups in total. The lowest BCUT2D eigenvalue weighted by molar-refractivity contribution is 0.0529. The molecule has 3 aliphatic rings. The van der Waals surface area contributed by atoms with E-state index in [9.17, 15) is 0 Å². The van der Waals surface area contributed by atoms with Crippen LogP contribution in [0, 0.1) is 11.8 Å². The van der Waals surface area contributed by atoms with Crippen molar-refractivity contribution in [2.45, 2.75) is 64.2 Å². The summed E-state index contributed by atoms with van der Waals surface area (Å²) >= 11 is 0. The summed E-state index contributed by atoms with van der Waals surface area (Å²) in [6.07, 6.45) is 6.04. The number of epoxide rings is 1. The lowest BCUT2D eigenvalue weighted by Gasteiger charge is -2.38. The van der Waals surface area contributed by atoms with Crippen LogP contribution in [0.15, 0.2) is 0 Å². The first kappa shape index (κ1) is 15.0. The highest BCUT2D eigenvalue weighted by Crippen LogP contribution is 2.57. The number of fused-ring (bicyclic) bond motifs is 2. The van der Waals surface area contributed by atoms with Gasteiger partial charge in [-0.05, 0) is 58.3 Å². The lowest BCUT2D eigenvalue weighted by Crippen LogP contribution is -2.52. The summed E-state index contributed by atoms with van der Waals surface area (Å²) in [6.45, 7) is 8.20. The van der Waals surface area contributed by atoms with Gasteiger partial charge in [-0.3, -0.25) is 0 Å². The van der Waals surface area contributed by atoms with Gasteiger partial charge in [0.25, 0.3) is 0 Å². The monoisotopic (exact) mass is 300 g/mol. The van der Waals surface area contributed by atoms with Crippen molar-refractivity contribution in [3.05, 3.63) is 0 Å². The van der Waals surface area contributed by atoms with Crippen LogP contribution in [-0.4, -0.2) is 40.8 Å². The predicted molar refractivity (Wildman–Crippen MR) is 78.5 cm³/mol. The molecule has 5 unspecified atom stereocenters. The van der Waals surface area contributed by atoms with Crippen LogP contribution in [0.3, 0.4) is 0 Å². The van der Waals surface area contributed by atoms with E-state index >= 15 is 0 Å². The van der Waals surface area contributed by atoms with Gasteiger partial charge in [-0.15, -0.1) is 0 Å². The standard InChI is InChI=1S/C15H28O4Si/c1-4-16-20(17-5-2,18-6-3)15-8-7-11-9-13-14(19-13)10-12(11)15/h11-15H,4-10H2,1-3H3. The summed E-state index contributed by atoms with van der Waals surface area (Å²) in [6, 6.07) is 0. The molecule has 1 saturated heterocycles. The van der Waals surface area contributed by atoms with Gasteiger partial charge in [0.1, 0.15) is 0 Å². The summed E-state index contributed by atoms with van der Waals surface area (Å²) in [5.74, 6) is 1.49. The average Bonchev–Trinajstić information content (AvgIpc) is 3.05. The normalized spacial score (nSPS) is 39.5. The lowest BCUT2D eigenvalue weighted by atomic mass is 9.82. The van der Waals surface area contributed by atoms with Gasteiger partial charge in [-0.2, -0.15) is 0 Å². The van der Waals surface area contributed by atoms with E-state index < -0.39 is 8.80 Å². The van der Waals surface area contributed by atoms with Gasteiger partial charge in [0.05, 0.1) is 12.2 Å². The molecule has 0 spiro atoms. The molecule has 0 aromatic rings. The van der Waals surface area contributed by atoms with Crippen LogP contribution in [0.1, 0.15) is 46.5 Å². The molecule has 0 bridgehead atoms. The molecule has 1 aliphatic heterocycles. The molecule has 116 valence electrons. The fourth-order valence-corrected chi connectivity index (χ4v) is 8.00. The van der Waals surface area contributed by atoms with Gasteiger partial charge < -0.3 is 18.0 Å². The molecule has 2 saturated carbocycles. The van der Waals surface area contributed by atoms with Crippen molar-refractivity contribution in [1.29, 1.82) is 0 Å². The number of hydrogen-bond donors (Lipinski definition) is 0. The third-order valence-electron chi connectivity index (χ3n) is 5.19. The first-order chi connectivity index (χ1) is 9.74. The van der Waals surface area contributed by atoms with Gasteiger partial charge in [0.2, 0.25) is 0 Å². The van der Waals surface area contributed by atoms with Crippen molar-refractivity contribution >= 4 is 8.80 Å².